The van der Waals surface area contributed by atoms with Crippen LogP contribution in [-0.2, 0) is 22.4 Å². The topological polar surface area (TPSA) is 76.0 Å². The van der Waals surface area contributed by atoms with Gasteiger partial charge in [-0.05, 0) is 73.5 Å². The normalized spacial score (nSPS) is 25.1. The second kappa shape index (κ2) is 12.5. The molecule has 3 rings (SSSR count). The molecule has 1 aromatic carbocycles. The van der Waals surface area contributed by atoms with Crippen molar-refractivity contribution in [2.45, 2.75) is 83.3 Å². The third kappa shape index (κ3) is 6.67. The number of carbonyl (C=O) groups excluding carboxylic acids is 1. The van der Waals surface area contributed by atoms with Crippen molar-refractivity contribution in [1.29, 1.82) is 0 Å². The minimum absolute atomic E-state index is 0.0714. The number of fused-ring (bicyclic) bond motifs is 2. The molecule has 0 unspecified atom stereocenters. The summed E-state index contributed by atoms with van der Waals surface area (Å²) < 4.78 is 22.9. The molecule has 1 saturated carbocycles. The molecule has 0 heterocycles. The molecule has 0 aromatic heterocycles. The van der Waals surface area contributed by atoms with E-state index in [-0.39, 0.29) is 37.8 Å². The van der Waals surface area contributed by atoms with E-state index in [1.807, 2.05) is 12.1 Å². The van der Waals surface area contributed by atoms with E-state index in [0.717, 1.165) is 63.4 Å². The average molecular weight is 451 g/mol. The predicted molar refractivity (Wildman–Crippen MR) is 121 cm³/mol. The zero-order valence-electron chi connectivity index (χ0n) is 19.3. The lowest BCUT2D eigenvalue weighted by atomic mass is 9.73. The number of ether oxygens (including phenoxy) is 2. The third-order valence-electron chi connectivity index (χ3n) is 7.21. The van der Waals surface area contributed by atoms with Crippen LogP contribution < -0.4 is 4.74 Å². The van der Waals surface area contributed by atoms with Crippen molar-refractivity contribution < 1.29 is 28.9 Å². The molecular formula is C26H39FO5. The van der Waals surface area contributed by atoms with Gasteiger partial charge in [-0.3, -0.25) is 4.39 Å². The van der Waals surface area contributed by atoms with Gasteiger partial charge in [0.1, 0.15) is 5.75 Å². The van der Waals surface area contributed by atoms with E-state index in [9.17, 15) is 19.4 Å². The molecule has 0 amide bonds. The third-order valence-corrected chi connectivity index (χ3v) is 7.21. The Labute approximate surface area is 191 Å². The summed E-state index contributed by atoms with van der Waals surface area (Å²) in [7, 11) is 0. The van der Waals surface area contributed by atoms with Crippen molar-refractivity contribution in [3.05, 3.63) is 29.3 Å². The van der Waals surface area contributed by atoms with Crippen LogP contribution >= 0.6 is 0 Å². The second-order valence-corrected chi connectivity index (χ2v) is 9.47. The molecule has 1 fully saturated rings. The van der Waals surface area contributed by atoms with Gasteiger partial charge in [-0.2, -0.15) is 0 Å². The largest absolute Gasteiger partial charge is 0.482 e. The molecular weight excluding hydrogens is 411 g/mol. The molecule has 180 valence electrons. The van der Waals surface area contributed by atoms with Gasteiger partial charge in [0.2, 0.25) is 0 Å². The fraction of sp³-hybridized carbons (Fsp3) is 0.731. The zero-order valence-corrected chi connectivity index (χ0v) is 19.3. The van der Waals surface area contributed by atoms with E-state index in [0.29, 0.717) is 17.6 Å². The summed E-state index contributed by atoms with van der Waals surface area (Å²) in [4.78, 5) is 11.8. The van der Waals surface area contributed by atoms with Gasteiger partial charge in [0.05, 0.1) is 25.5 Å². The number of halogens is 1. The summed E-state index contributed by atoms with van der Waals surface area (Å²) >= 11 is 0. The molecule has 0 bridgehead atoms. The van der Waals surface area contributed by atoms with Crippen LogP contribution in [0.15, 0.2) is 18.2 Å². The van der Waals surface area contributed by atoms with Gasteiger partial charge in [-0.1, -0.05) is 38.3 Å². The van der Waals surface area contributed by atoms with Gasteiger partial charge in [-0.15, -0.1) is 0 Å². The van der Waals surface area contributed by atoms with Crippen LogP contribution in [0.2, 0.25) is 0 Å². The fourth-order valence-electron chi connectivity index (χ4n) is 5.52. The van der Waals surface area contributed by atoms with Crippen molar-refractivity contribution in [3.8, 4) is 5.75 Å². The van der Waals surface area contributed by atoms with E-state index < -0.39 is 12.6 Å². The molecule has 0 aliphatic heterocycles. The van der Waals surface area contributed by atoms with Crippen LogP contribution in [0, 0.1) is 17.8 Å². The number of carbonyl (C=O) groups is 1. The number of alkyl halides is 1. The van der Waals surface area contributed by atoms with Gasteiger partial charge in [0, 0.05) is 6.42 Å². The van der Waals surface area contributed by atoms with Crippen molar-refractivity contribution in [1.82, 2.24) is 0 Å². The second-order valence-electron chi connectivity index (χ2n) is 9.47. The summed E-state index contributed by atoms with van der Waals surface area (Å²) in [5, 5.41) is 21.1. The number of aliphatic hydroxyl groups is 2. The van der Waals surface area contributed by atoms with Crippen LogP contribution in [0.4, 0.5) is 4.39 Å². The monoisotopic (exact) mass is 450 g/mol. The van der Waals surface area contributed by atoms with Crippen LogP contribution in [0.1, 0.15) is 69.4 Å². The van der Waals surface area contributed by atoms with Gasteiger partial charge in [0.25, 0.3) is 0 Å². The van der Waals surface area contributed by atoms with Crippen molar-refractivity contribution >= 4 is 5.97 Å². The van der Waals surface area contributed by atoms with E-state index in [4.69, 9.17) is 9.47 Å². The molecule has 0 radical (unpaired) electrons. The number of hydrogen-bond acceptors (Lipinski definition) is 5. The first-order valence-electron chi connectivity index (χ1n) is 12.3. The Morgan fingerprint density at radius 1 is 1.22 bits per heavy atom. The van der Waals surface area contributed by atoms with Crippen molar-refractivity contribution in [3.63, 3.8) is 0 Å². The number of benzene rings is 1. The zero-order chi connectivity index (χ0) is 22.9. The molecule has 6 heteroatoms. The highest BCUT2D eigenvalue weighted by atomic mass is 19.1. The lowest BCUT2D eigenvalue weighted by Crippen LogP contribution is -2.28. The summed E-state index contributed by atoms with van der Waals surface area (Å²) in [5.41, 5.74) is 2.34. The maximum absolute atomic E-state index is 12.1. The minimum atomic E-state index is -0.506. The molecule has 0 saturated heterocycles. The summed E-state index contributed by atoms with van der Waals surface area (Å²) in [6.45, 7) is 1.55. The Morgan fingerprint density at radius 3 is 2.84 bits per heavy atom. The quantitative estimate of drug-likeness (QED) is 0.344. The first kappa shape index (κ1) is 25.0. The molecule has 0 spiro atoms. The van der Waals surface area contributed by atoms with E-state index in [1.54, 1.807) is 0 Å². The van der Waals surface area contributed by atoms with E-state index in [1.165, 1.54) is 5.56 Å². The van der Waals surface area contributed by atoms with Gasteiger partial charge < -0.3 is 19.7 Å². The highest BCUT2D eigenvalue weighted by molar-refractivity contribution is 5.71. The Morgan fingerprint density at radius 2 is 2.06 bits per heavy atom. The first-order valence-corrected chi connectivity index (χ1v) is 12.3. The number of unbranched alkanes of at least 4 members (excludes halogenated alkanes) is 2. The maximum atomic E-state index is 12.1. The fourth-order valence-corrected chi connectivity index (χ4v) is 5.52. The number of rotatable bonds is 13. The maximum Gasteiger partial charge on any atom is 0.344 e. The smallest absolute Gasteiger partial charge is 0.344 e. The first-order chi connectivity index (χ1) is 15.5. The van der Waals surface area contributed by atoms with Crippen molar-refractivity contribution in [2.24, 2.45) is 17.8 Å². The van der Waals surface area contributed by atoms with E-state index >= 15 is 0 Å². The molecule has 5 nitrogen and oxygen atoms in total. The SMILES string of the molecule is CCCCC[C@H](O)CC[C@@H]1[C@H]2Cc3cccc(OCC(=O)OCCCF)c3C[C@H]2C[C@H]1O. The lowest BCUT2D eigenvalue weighted by Gasteiger charge is -2.32. The van der Waals surface area contributed by atoms with Gasteiger partial charge in [-0.25, -0.2) is 4.79 Å². The molecule has 32 heavy (non-hydrogen) atoms. The number of esters is 1. The number of aliphatic hydroxyl groups excluding tert-OH is 2. The van der Waals surface area contributed by atoms with E-state index in [2.05, 4.69) is 13.0 Å². The molecule has 1 aromatic rings. The Bertz CT molecular complexity index is 724. The van der Waals surface area contributed by atoms with Crippen molar-refractivity contribution in [2.75, 3.05) is 19.9 Å². The minimum Gasteiger partial charge on any atom is -0.482 e. The highest BCUT2D eigenvalue weighted by Crippen LogP contribution is 2.48. The Hall–Kier alpha value is -1.66. The lowest BCUT2D eigenvalue weighted by molar-refractivity contribution is -0.146. The van der Waals surface area contributed by atoms with Crippen LogP contribution in [0.25, 0.3) is 0 Å². The molecule has 2 N–H and O–H groups in total. The Kier molecular flexibility index (Phi) is 9.79. The summed E-state index contributed by atoms with van der Waals surface area (Å²) in [5.74, 6) is 1.25. The predicted octanol–water partition coefficient (Wildman–Crippen LogP) is 4.40. The van der Waals surface area contributed by atoms with Crippen LogP contribution in [-0.4, -0.2) is 48.3 Å². The standard InChI is InChI=1S/C26H39FO5/c1-2-3-4-8-20(28)10-11-21-22-14-18-7-5-9-25(23(18)15-19(22)16-24(21)29)32-17-26(30)31-13-6-12-27/h5,7,9,19-22,24,28-29H,2-4,6,8,10-17H2,1H3/t19-,20-,21+,22-,24+/m0/s1. The van der Waals surface area contributed by atoms with Gasteiger partial charge >= 0.3 is 5.97 Å². The molecule has 5 atom stereocenters. The Balaban J connectivity index is 1.56. The molecule has 2 aliphatic carbocycles. The van der Waals surface area contributed by atoms with Crippen LogP contribution in [0.3, 0.4) is 0 Å². The van der Waals surface area contributed by atoms with Crippen LogP contribution in [0.5, 0.6) is 5.75 Å². The van der Waals surface area contributed by atoms with Gasteiger partial charge in [0.15, 0.2) is 6.61 Å². The summed E-state index contributed by atoms with van der Waals surface area (Å²) in [6, 6.07) is 5.93. The average Bonchev–Trinajstić information content (AvgIpc) is 3.09. The molecule has 2 aliphatic rings. The highest BCUT2D eigenvalue weighted by Gasteiger charge is 2.44. The number of hydrogen-bond donors (Lipinski definition) is 2. The summed E-state index contributed by atoms with van der Waals surface area (Å²) in [6.07, 6.45) is 7.97.